The summed E-state index contributed by atoms with van der Waals surface area (Å²) in [6, 6.07) is 16.6. The molecule has 0 radical (unpaired) electrons. The molecule has 0 fully saturated rings. The van der Waals surface area contributed by atoms with E-state index in [0.717, 1.165) is 17.7 Å². The lowest BCUT2D eigenvalue weighted by Crippen LogP contribution is -2.20. The van der Waals surface area contributed by atoms with Crippen LogP contribution in [0.1, 0.15) is 28.0 Å². The molecule has 2 unspecified atom stereocenters. The summed E-state index contributed by atoms with van der Waals surface area (Å²) in [5, 5.41) is 0.0470. The first kappa shape index (κ1) is 11.6. The van der Waals surface area contributed by atoms with Crippen molar-refractivity contribution in [3.63, 3.8) is 0 Å². The Morgan fingerprint density at radius 3 is 2.50 bits per heavy atom. The number of hydrogen-bond acceptors (Lipinski definition) is 1. The van der Waals surface area contributed by atoms with E-state index in [1.165, 1.54) is 11.1 Å². The summed E-state index contributed by atoms with van der Waals surface area (Å²) < 4.78 is 5.16. The van der Waals surface area contributed by atoms with Gasteiger partial charge in [-0.3, -0.25) is 0 Å². The molecule has 18 heavy (non-hydrogen) atoms. The van der Waals surface area contributed by atoms with Gasteiger partial charge in [-0.1, -0.05) is 36.4 Å². The Bertz CT molecular complexity index is 547. The van der Waals surface area contributed by atoms with Crippen molar-refractivity contribution >= 4 is 11.6 Å². The van der Waals surface area contributed by atoms with E-state index in [1.54, 1.807) is 7.11 Å². The molecule has 3 rings (SSSR count). The molecule has 0 bridgehead atoms. The van der Waals surface area contributed by atoms with Gasteiger partial charge in [-0.15, -0.1) is 11.6 Å². The molecule has 0 amide bonds. The quantitative estimate of drug-likeness (QED) is 0.746. The zero-order valence-corrected chi connectivity index (χ0v) is 11.0. The third-order valence-electron chi connectivity index (χ3n) is 3.68. The molecule has 1 nitrogen and oxygen atoms in total. The van der Waals surface area contributed by atoms with E-state index in [0.29, 0.717) is 5.92 Å². The second-order valence-corrected chi connectivity index (χ2v) is 5.15. The van der Waals surface area contributed by atoms with Crippen LogP contribution in [0.15, 0.2) is 48.5 Å². The molecule has 1 aliphatic rings. The smallest absolute Gasteiger partial charge is 0.118 e. The summed E-state index contributed by atoms with van der Waals surface area (Å²) in [6.07, 6.45) is 1.08. The Morgan fingerprint density at radius 1 is 1.11 bits per heavy atom. The summed E-state index contributed by atoms with van der Waals surface area (Å²) in [6.45, 7) is 0. The molecule has 0 N–H and O–H groups in total. The number of methoxy groups -OCH3 is 1. The number of fused-ring (bicyclic) bond motifs is 1. The molecule has 1 aliphatic carbocycles. The predicted molar refractivity (Wildman–Crippen MR) is 74.5 cm³/mol. The number of hydrogen-bond donors (Lipinski definition) is 0. The van der Waals surface area contributed by atoms with Crippen LogP contribution in [0.5, 0.6) is 5.75 Å². The third kappa shape index (κ3) is 1.89. The highest BCUT2D eigenvalue weighted by Crippen LogP contribution is 2.46. The van der Waals surface area contributed by atoms with Gasteiger partial charge in [0.1, 0.15) is 5.75 Å². The average Bonchev–Trinajstić information content (AvgIpc) is 2.40. The molecule has 0 aromatic heterocycles. The molecule has 2 aromatic carbocycles. The summed E-state index contributed by atoms with van der Waals surface area (Å²) >= 11 is 6.59. The standard InChI is InChI=1S/C16H15ClO/c1-18-13-8-6-11(7-9-13)16(17)15-10-12-4-2-3-5-14(12)15/h2-9,15-16H,10H2,1H3. The van der Waals surface area contributed by atoms with E-state index in [2.05, 4.69) is 36.4 Å². The lowest BCUT2D eigenvalue weighted by atomic mass is 9.74. The molecule has 0 saturated heterocycles. The monoisotopic (exact) mass is 258 g/mol. The van der Waals surface area contributed by atoms with E-state index in [9.17, 15) is 0 Å². The third-order valence-corrected chi connectivity index (χ3v) is 4.24. The molecule has 2 atom stereocenters. The fourth-order valence-corrected chi connectivity index (χ4v) is 2.95. The minimum absolute atomic E-state index is 0.0470. The van der Waals surface area contributed by atoms with Gasteiger partial charge in [-0.05, 0) is 35.2 Å². The van der Waals surface area contributed by atoms with Gasteiger partial charge < -0.3 is 4.74 Å². The maximum absolute atomic E-state index is 6.59. The minimum Gasteiger partial charge on any atom is -0.497 e. The van der Waals surface area contributed by atoms with Crippen LogP contribution in [0.2, 0.25) is 0 Å². The average molecular weight is 259 g/mol. The van der Waals surface area contributed by atoms with E-state index in [-0.39, 0.29) is 5.38 Å². The summed E-state index contributed by atoms with van der Waals surface area (Å²) in [4.78, 5) is 0. The predicted octanol–water partition coefficient (Wildman–Crippen LogP) is 4.32. The van der Waals surface area contributed by atoms with Crippen LogP contribution >= 0.6 is 11.6 Å². The first-order chi connectivity index (χ1) is 8.79. The van der Waals surface area contributed by atoms with E-state index in [1.807, 2.05) is 12.1 Å². The Hall–Kier alpha value is -1.47. The maximum Gasteiger partial charge on any atom is 0.118 e. The number of alkyl halides is 1. The van der Waals surface area contributed by atoms with E-state index >= 15 is 0 Å². The van der Waals surface area contributed by atoms with Gasteiger partial charge in [0.15, 0.2) is 0 Å². The van der Waals surface area contributed by atoms with Crippen molar-refractivity contribution < 1.29 is 4.74 Å². The van der Waals surface area contributed by atoms with E-state index < -0.39 is 0 Å². The second kappa shape index (κ2) is 4.66. The van der Waals surface area contributed by atoms with Crippen LogP contribution in [0, 0.1) is 0 Å². The van der Waals surface area contributed by atoms with Crippen molar-refractivity contribution in [2.75, 3.05) is 7.11 Å². The van der Waals surface area contributed by atoms with Gasteiger partial charge >= 0.3 is 0 Å². The highest BCUT2D eigenvalue weighted by Gasteiger charge is 2.32. The van der Waals surface area contributed by atoms with Crippen molar-refractivity contribution in [1.29, 1.82) is 0 Å². The minimum atomic E-state index is 0.0470. The largest absolute Gasteiger partial charge is 0.497 e. The Labute approximate surface area is 112 Å². The van der Waals surface area contributed by atoms with Crippen molar-refractivity contribution in [1.82, 2.24) is 0 Å². The maximum atomic E-state index is 6.59. The van der Waals surface area contributed by atoms with Crippen LogP contribution in [-0.2, 0) is 6.42 Å². The second-order valence-electron chi connectivity index (χ2n) is 4.68. The Kier molecular flexibility index (Phi) is 3.00. The van der Waals surface area contributed by atoms with Crippen molar-refractivity contribution in [2.24, 2.45) is 0 Å². The van der Waals surface area contributed by atoms with Crippen LogP contribution in [0.3, 0.4) is 0 Å². The van der Waals surface area contributed by atoms with Gasteiger partial charge in [-0.25, -0.2) is 0 Å². The molecule has 0 heterocycles. The SMILES string of the molecule is COc1ccc(C(Cl)C2Cc3ccccc32)cc1. The van der Waals surface area contributed by atoms with Crippen LogP contribution in [0.4, 0.5) is 0 Å². The molecule has 92 valence electrons. The van der Waals surface area contributed by atoms with Crippen molar-refractivity contribution in [3.05, 3.63) is 65.2 Å². The Balaban J connectivity index is 1.82. The lowest BCUT2D eigenvalue weighted by molar-refractivity contribution is 0.414. The number of halogens is 1. The van der Waals surface area contributed by atoms with Gasteiger partial charge in [0.2, 0.25) is 0 Å². The Morgan fingerprint density at radius 2 is 1.83 bits per heavy atom. The van der Waals surface area contributed by atoms with Gasteiger partial charge in [0.25, 0.3) is 0 Å². The fourth-order valence-electron chi connectivity index (χ4n) is 2.58. The highest BCUT2D eigenvalue weighted by atomic mass is 35.5. The van der Waals surface area contributed by atoms with Crippen molar-refractivity contribution in [3.8, 4) is 5.75 Å². The highest BCUT2D eigenvalue weighted by molar-refractivity contribution is 6.21. The molecular formula is C16H15ClO. The van der Waals surface area contributed by atoms with Crippen LogP contribution in [0.25, 0.3) is 0 Å². The van der Waals surface area contributed by atoms with E-state index in [4.69, 9.17) is 16.3 Å². The lowest BCUT2D eigenvalue weighted by Gasteiger charge is -2.33. The molecule has 0 spiro atoms. The summed E-state index contributed by atoms with van der Waals surface area (Å²) in [5.41, 5.74) is 3.99. The first-order valence-corrected chi connectivity index (χ1v) is 6.59. The number of rotatable bonds is 3. The zero-order chi connectivity index (χ0) is 12.5. The van der Waals surface area contributed by atoms with Crippen LogP contribution in [-0.4, -0.2) is 7.11 Å². The molecule has 0 aliphatic heterocycles. The molecular weight excluding hydrogens is 244 g/mol. The molecule has 2 heteroatoms. The van der Waals surface area contributed by atoms with Crippen molar-refractivity contribution in [2.45, 2.75) is 17.7 Å². The normalized spacial score (nSPS) is 18.7. The first-order valence-electron chi connectivity index (χ1n) is 6.15. The molecule has 2 aromatic rings. The fraction of sp³-hybridized carbons (Fsp3) is 0.250. The topological polar surface area (TPSA) is 9.23 Å². The summed E-state index contributed by atoms with van der Waals surface area (Å²) in [7, 11) is 1.68. The number of benzene rings is 2. The van der Waals surface area contributed by atoms with Crippen LogP contribution < -0.4 is 4.74 Å². The number of ether oxygens (including phenoxy) is 1. The van der Waals surface area contributed by atoms with Gasteiger partial charge in [0, 0.05) is 5.92 Å². The molecule has 0 saturated carbocycles. The van der Waals surface area contributed by atoms with Gasteiger partial charge in [0.05, 0.1) is 12.5 Å². The van der Waals surface area contributed by atoms with Gasteiger partial charge in [-0.2, -0.15) is 0 Å². The summed E-state index contributed by atoms with van der Waals surface area (Å²) in [5.74, 6) is 1.31. The zero-order valence-electron chi connectivity index (χ0n) is 10.3.